The van der Waals surface area contributed by atoms with Gasteiger partial charge in [0.25, 0.3) is 5.91 Å². The molecule has 2 heterocycles. The molecule has 0 unspecified atom stereocenters. The molecular formula is C14H12N4O. The van der Waals surface area contributed by atoms with Gasteiger partial charge in [-0.3, -0.25) is 10.1 Å². The Morgan fingerprint density at radius 1 is 1.16 bits per heavy atom. The third kappa shape index (κ3) is 2.06. The van der Waals surface area contributed by atoms with Gasteiger partial charge in [0.15, 0.2) is 0 Å². The molecule has 94 valence electrons. The number of carbonyl (C=O) groups excluding carboxylic acids is 1. The maximum atomic E-state index is 12.2. The fourth-order valence-corrected chi connectivity index (χ4v) is 2.06. The number of nitrogens with zero attached hydrogens (tertiary/aromatic N) is 3. The molecule has 5 nitrogen and oxygen atoms in total. The molecule has 2 aromatic heterocycles. The van der Waals surface area contributed by atoms with Crippen molar-refractivity contribution in [2.45, 2.75) is 0 Å². The van der Waals surface area contributed by atoms with Crippen LogP contribution < -0.4 is 5.32 Å². The summed E-state index contributed by atoms with van der Waals surface area (Å²) in [6.07, 6.45) is 4.99. The van der Waals surface area contributed by atoms with Crippen molar-refractivity contribution >= 4 is 22.8 Å². The van der Waals surface area contributed by atoms with E-state index in [1.807, 2.05) is 42.1 Å². The molecule has 1 amide bonds. The minimum atomic E-state index is -0.206. The third-order valence-corrected chi connectivity index (χ3v) is 2.93. The highest BCUT2D eigenvalue weighted by Crippen LogP contribution is 2.20. The van der Waals surface area contributed by atoms with Gasteiger partial charge in [0.05, 0.1) is 5.56 Å². The summed E-state index contributed by atoms with van der Waals surface area (Å²) in [6, 6.07) is 9.47. The van der Waals surface area contributed by atoms with Crippen LogP contribution in [-0.4, -0.2) is 20.4 Å². The van der Waals surface area contributed by atoms with E-state index in [1.54, 1.807) is 18.5 Å². The highest BCUT2D eigenvalue weighted by molar-refractivity contribution is 6.12. The second-order valence-corrected chi connectivity index (χ2v) is 4.20. The van der Waals surface area contributed by atoms with Crippen LogP contribution in [0.15, 0.2) is 48.9 Å². The SMILES string of the molecule is Cn1cc(C(=O)Nc2ncccn2)c2ccccc21. The summed E-state index contributed by atoms with van der Waals surface area (Å²) >= 11 is 0. The number of aryl methyl sites for hydroxylation is 1. The number of fused-ring (bicyclic) bond motifs is 1. The standard InChI is InChI=1S/C14H12N4O/c1-18-9-11(10-5-2-3-6-12(10)18)13(19)17-14-15-7-4-8-16-14/h2-9H,1H3,(H,15,16,17,19). The first kappa shape index (κ1) is 11.4. The predicted octanol–water partition coefficient (Wildman–Crippen LogP) is 2.22. The lowest BCUT2D eigenvalue weighted by Crippen LogP contribution is -2.13. The Balaban J connectivity index is 1.98. The average molecular weight is 252 g/mol. The maximum absolute atomic E-state index is 12.2. The molecule has 0 bridgehead atoms. The lowest BCUT2D eigenvalue weighted by Gasteiger charge is -2.01. The zero-order chi connectivity index (χ0) is 13.2. The van der Waals surface area contributed by atoms with E-state index in [0.29, 0.717) is 11.5 Å². The largest absolute Gasteiger partial charge is 0.350 e. The summed E-state index contributed by atoms with van der Waals surface area (Å²) in [5, 5.41) is 3.60. The highest BCUT2D eigenvalue weighted by atomic mass is 16.1. The molecule has 5 heteroatoms. The van der Waals surface area contributed by atoms with Gasteiger partial charge in [0.2, 0.25) is 5.95 Å². The van der Waals surface area contributed by atoms with Crippen molar-refractivity contribution in [1.82, 2.24) is 14.5 Å². The fourth-order valence-electron chi connectivity index (χ4n) is 2.06. The van der Waals surface area contributed by atoms with Crippen molar-refractivity contribution in [3.63, 3.8) is 0 Å². The number of anilines is 1. The van der Waals surface area contributed by atoms with Crippen molar-refractivity contribution in [2.24, 2.45) is 7.05 Å². The van der Waals surface area contributed by atoms with Crippen molar-refractivity contribution < 1.29 is 4.79 Å². The molecule has 0 radical (unpaired) electrons. The first-order valence-corrected chi connectivity index (χ1v) is 5.88. The summed E-state index contributed by atoms with van der Waals surface area (Å²) in [6.45, 7) is 0. The summed E-state index contributed by atoms with van der Waals surface area (Å²) in [5.41, 5.74) is 1.63. The summed E-state index contributed by atoms with van der Waals surface area (Å²) in [7, 11) is 1.91. The molecule has 0 aliphatic heterocycles. The first-order valence-electron chi connectivity index (χ1n) is 5.88. The fraction of sp³-hybridized carbons (Fsp3) is 0.0714. The van der Waals surface area contributed by atoms with Gasteiger partial charge >= 0.3 is 0 Å². The van der Waals surface area contributed by atoms with Crippen LogP contribution in [0.25, 0.3) is 10.9 Å². The number of benzene rings is 1. The molecule has 19 heavy (non-hydrogen) atoms. The molecule has 1 N–H and O–H groups in total. The van der Waals surface area contributed by atoms with Crippen LogP contribution in [0.4, 0.5) is 5.95 Å². The molecule has 1 aromatic carbocycles. The number of carbonyl (C=O) groups is 1. The van der Waals surface area contributed by atoms with Crippen LogP contribution in [0, 0.1) is 0 Å². The Morgan fingerprint density at radius 3 is 2.68 bits per heavy atom. The monoisotopic (exact) mass is 252 g/mol. The van der Waals surface area contributed by atoms with Crippen LogP contribution in [0.3, 0.4) is 0 Å². The van der Waals surface area contributed by atoms with Gasteiger partial charge in [-0.05, 0) is 12.1 Å². The zero-order valence-corrected chi connectivity index (χ0v) is 10.4. The van der Waals surface area contributed by atoms with Gasteiger partial charge in [-0.25, -0.2) is 9.97 Å². The summed E-state index contributed by atoms with van der Waals surface area (Å²) in [4.78, 5) is 20.2. The van der Waals surface area contributed by atoms with Crippen LogP contribution in [0.2, 0.25) is 0 Å². The zero-order valence-electron chi connectivity index (χ0n) is 10.4. The van der Waals surface area contributed by atoms with Crippen LogP contribution in [0.5, 0.6) is 0 Å². The number of amides is 1. The Labute approximate surface area is 109 Å². The molecule has 0 saturated heterocycles. The molecule has 3 aromatic rings. The topological polar surface area (TPSA) is 59.8 Å². The van der Waals surface area contributed by atoms with E-state index >= 15 is 0 Å². The Morgan fingerprint density at radius 2 is 1.89 bits per heavy atom. The molecular weight excluding hydrogens is 240 g/mol. The van der Waals surface area contributed by atoms with Crippen molar-refractivity contribution in [2.75, 3.05) is 5.32 Å². The molecule has 0 saturated carbocycles. The molecule has 0 fully saturated rings. The molecule has 0 aliphatic rings. The second-order valence-electron chi connectivity index (χ2n) is 4.20. The Hall–Kier alpha value is -2.69. The number of para-hydroxylation sites is 1. The highest BCUT2D eigenvalue weighted by Gasteiger charge is 2.14. The summed E-state index contributed by atoms with van der Waals surface area (Å²) in [5.74, 6) is 0.100. The van der Waals surface area contributed by atoms with Gasteiger partial charge in [-0.15, -0.1) is 0 Å². The van der Waals surface area contributed by atoms with E-state index < -0.39 is 0 Å². The number of hydrogen-bond acceptors (Lipinski definition) is 3. The van der Waals surface area contributed by atoms with Crippen molar-refractivity contribution in [3.05, 3.63) is 54.5 Å². The Bertz CT molecular complexity index is 734. The van der Waals surface area contributed by atoms with Gasteiger partial charge in [-0.1, -0.05) is 18.2 Å². The van der Waals surface area contributed by atoms with E-state index in [9.17, 15) is 4.79 Å². The number of nitrogens with one attached hydrogen (secondary N) is 1. The van der Waals surface area contributed by atoms with Crippen LogP contribution in [-0.2, 0) is 7.05 Å². The molecule has 0 atom stereocenters. The van der Waals surface area contributed by atoms with Crippen molar-refractivity contribution in [3.8, 4) is 0 Å². The van der Waals surface area contributed by atoms with E-state index in [0.717, 1.165) is 10.9 Å². The quantitative estimate of drug-likeness (QED) is 0.760. The Kier molecular flexibility index (Phi) is 2.72. The van der Waals surface area contributed by atoms with Gasteiger partial charge in [-0.2, -0.15) is 0 Å². The van der Waals surface area contributed by atoms with Gasteiger partial charge in [0, 0.05) is 36.5 Å². The van der Waals surface area contributed by atoms with Crippen LogP contribution in [0.1, 0.15) is 10.4 Å². The van der Waals surface area contributed by atoms with E-state index in [2.05, 4.69) is 15.3 Å². The minimum Gasteiger partial charge on any atom is -0.350 e. The van der Waals surface area contributed by atoms with Crippen molar-refractivity contribution in [1.29, 1.82) is 0 Å². The first-order chi connectivity index (χ1) is 9.25. The lowest BCUT2D eigenvalue weighted by molar-refractivity contribution is 0.102. The minimum absolute atomic E-state index is 0.206. The molecule has 3 rings (SSSR count). The van der Waals surface area contributed by atoms with Gasteiger partial charge in [0.1, 0.15) is 0 Å². The average Bonchev–Trinajstić information content (AvgIpc) is 2.78. The van der Waals surface area contributed by atoms with Crippen LogP contribution >= 0.6 is 0 Å². The number of rotatable bonds is 2. The smallest absolute Gasteiger partial charge is 0.260 e. The lowest BCUT2D eigenvalue weighted by atomic mass is 10.1. The van der Waals surface area contributed by atoms with E-state index in [1.165, 1.54) is 0 Å². The third-order valence-electron chi connectivity index (χ3n) is 2.93. The predicted molar refractivity (Wildman–Crippen MR) is 72.9 cm³/mol. The van der Waals surface area contributed by atoms with Gasteiger partial charge < -0.3 is 4.57 Å². The second kappa shape index (κ2) is 4.53. The number of aromatic nitrogens is 3. The van der Waals surface area contributed by atoms with E-state index in [4.69, 9.17) is 0 Å². The molecule has 0 aliphatic carbocycles. The maximum Gasteiger partial charge on any atom is 0.260 e. The number of hydrogen-bond donors (Lipinski definition) is 1. The normalized spacial score (nSPS) is 10.6. The molecule has 0 spiro atoms. The summed E-state index contributed by atoms with van der Waals surface area (Å²) < 4.78 is 1.93. The van der Waals surface area contributed by atoms with E-state index in [-0.39, 0.29) is 5.91 Å².